The van der Waals surface area contributed by atoms with Crippen molar-refractivity contribution in [3.63, 3.8) is 0 Å². The van der Waals surface area contributed by atoms with Crippen molar-refractivity contribution in [1.82, 2.24) is 0 Å². The molecule has 0 aromatic heterocycles. The predicted molar refractivity (Wildman–Crippen MR) is 88.8 cm³/mol. The number of hydrogen-bond donors (Lipinski definition) is 0. The molecule has 0 saturated carbocycles. The van der Waals surface area contributed by atoms with Gasteiger partial charge in [-0.2, -0.15) is 8.78 Å². The molecule has 0 N–H and O–H groups in total. The molecule has 2 aromatic rings. The number of ketones is 1. The first-order chi connectivity index (χ1) is 11.6. The first-order valence-corrected chi connectivity index (χ1v) is 8.15. The number of carbonyl (C=O) groups is 1. The van der Waals surface area contributed by atoms with E-state index in [1.807, 2.05) is 18.2 Å². The number of alkyl halides is 2. The van der Waals surface area contributed by atoms with Crippen molar-refractivity contribution in [2.24, 2.45) is 0 Å². The maximum atomic E-state index is 12.4. The third-order valence-corrected chi connectivity index (χ3v) is 4.46. The summed E-state index contributed by atoms with van der Waals surface area (Å²) in [5, 5.41) is 0. The van der Waals surface area contributed by atoms with E-state index < -0.39 is 6.61 Å². The monoisotopic (exact) mass is 348 g/mol. The number of benzene rings is 2. The Bertz CT molecular complexity index is 803. The summed E-state index contributed by atoms with van der Waals surface area (Å²) in [6.07, 6.45) is 1.72. The highest BCUT2D eigenvalue weighted by Gasteiger charge is 2.25. The van der Waals surface area contributed by atoms with Crippen LogP contribution in [0.3, 0.4) is 0 Å². The number of ether oxygens (including phenoxy) is 2. The Labute approximate surface area is 142 Å². The third kappa shape index (κ3) is 3.43. The fourth-order valence-electron chi connectivity index (χ4n) is 2.36. The normalized spacial score (nSPS) is 15.0. The van der Waals surface area contributed by atoms with Gasteiger partial charge >= 0.3 is 6.61 Å². The fourth-order valence-corrected chi connectivity index (χ4v) is 3.42. The highest BCUT2D eigenvalue weighted by molar-refractivity contribution is 8.04. The van der Waals surface area contributed by atoms with Gasteiger partial charge in [-0.05, 0) is 42.8 Å². The molecule has 1 aliphatic rings. The summed E-state index contributed by atoms with van der Waals surface area (Å²) in [7, 11) is 0. The molecule has 0 amide bonds. The van der Waals surface area contributed by atoms with E-state index in [1.54, 1.807) is 31.2 Å². The number of thioether (sulfide) groups is 1. The van der Waals surface area contributed by atoms with Gasteiger partial charge in [0.2, 0.25) is 5.78 Å². The van der Waals surface area contributed by atoms with Crippen LogP contribution in [0.15, 0.2) is 52.3 Å². The van der Waals surface area contributed by atoms with Crippen molar-refractivity contribution in [2.45, 2.75) is 18.4 Å². The zero-order valence-electron chi connectivity index (χ0n) is 12.8. The molecule has 124 valence electrons. The summed E-state index contributed by atoms with van der Waals surface area (Å²) >= 11 is 1.39. The van der Waals surface area contributed by atoms with E-state index in [2.05, 4.69) is 4.74 Å². The van der Waals surface area contributed by atoms with E-state index >= 15 is 0 Å². The van der Waals surface area contributed by atoms with Crippen molar-refractivity contribution < 1.29 is 23.0 Å². The molecule has 0 unspecified atom stereocenters. The Balaban J connectivity index is 1.91. The van der Waals surface area contributed by atoms with Crippen LogP contribution in [0.1, 0.15) is 22.8 Å². The largest absolute Gasteiger partial charge is 0.490 e. The lowest BCUT2D eigenvalue weighted by Crippen LogP contribution is -2.04. The third-order valence-electron chi connectivity index (χ3n) is 3.36. The van der Waals surface area contributed by atoms with Gasteiger partial charge in [-0.3, -0.25) is 4.79 Å². The molecular formula is C18H14F2O3S. The topological polar surface area (TPSA) is 35.5 Å². The number of Topliss-reactive ketones (excluding diaryl/α,β-unsaturated/α-hetero) is 1. The molecule has 6 heteroatoms. The quantitative estimate of drug-likeness (QED) is 0.711. The molecule has 0 bridgehead atoms. The van der Waals surface area contributed by atoms with Crippen LogP contribution < -0.4 is 9.47 Å². The van der Waals surface area contributed by atoms with E-state index in [9.17, 15) is 13.6 Å². The van der Waals surface area contributed by atoms with Crippen molar-refractivity contribution in [1.29, 1.82) is 0 Å². The van der Waals surface area contributed by atoms with Crippen LogP contribution >= 0.6 is 11.8 Å². The number of allylic oxidation sites excluding steroid dienone is 1. The Morgan fingerprint density at radius 2 is 1.96 bits per heavy atom. The lowest BCUT2D eigenvalue weighted by Gasteiger charge is -2.11. The molecule has 2 aromatic carbocycles. The average molecular weight is 348 g/mol. The molecular weight excluding hydrogens is 334 g/mol. The van der Waals surface area contributed by atoms with Crippen molar-refractivity contribution >= 4 is 23.6 Å². The Morgan fingerprint density at radius 3 is 2.67 bits per heavy atom. The maximum absolute atomic E-state index is 12.4. The van der Waals surface area contributed by atoms with Crippen LogP contribution in [-0.4, -0.2) is 19.0 Å². The van der Waals surface area contributed by atoms with E-state index in [-0.39, 0.29) is 17.3 Å². The molecule has 0 aliphatic carbocycles. The molecule has 0 radical (unpaired) electrons. The molecule has 1 aliphatic heterocycles. The predicted octanol–water partition coefficient (Wildman–Crippen LogP) is 5.02. The number of carbonyl (C=O) groups excluding carboxylic acids is 1. The van der Waals surface area contributed by atoms with Gasteiger partial charge in [-0.25, -0.2) is 0 Å². The number of hydrogen-bond acceptors (Lipinski definition) is 4. The second-order valence-corrected chi connectivity index (χ2v) is 6.04. The SMILES string of the molecule is CCOc1cc(/C=C2/Sc3ccccc3C2=O)ccc1OC(F)F. The zero-order valence-corrected chi connectivity index (χ0v) is 13.6. The molecule has 24 heavy (non-hydrogen) atoms. The summed E-state index contributed by atoms with van der Waals surface area (Å²) in [5.74, 6) is 0.157. The standard InChI is InChI=1S/C18H14F2O3S/c1-2-22-14-9-11(7-8-13(14)23-18(19)20)10-16-17(21)12-5-3-4-6-15(12)24-16/h3-10,18H,2H2,1H3/b16-10+. The smallest absolute Gasteiger partial charge is 0.387 e. The van der Waals surface area contributed by atoms with Crippen LogP contribution in [-0.2, 0) is 0 Å². The van der Waals surface area contributed by atoms with Crippen LogP contribution in [0, 0.1) is 0 Å². The molecule has 0 atom stereocenters. The van der Waals surface area contributed by atoms with E-state index in [0.29, 0.717) is 22.6 Å². The summed E-state index contributed by atoms with van der Waals surface area (Å²) in [5.41, 5.74) is 1.36. The van der Waals surface area contributed by atoms with Gasteiger partial charge in [0.1, 0.15) is 0 Å². The van der Waals surface area contributed by atoms with Gasteiger partial charge in [0.15, 0.2) is 11.5 Å². The van der Waals surface area contributed by atoms with E-state index in [1.165, 1.54) is 17.8 Å². The second-order valence-electron chi connectivity index (χ2n) is 4.95. The van der Waals surface area contributed by atoms with Crippen LogP contribution in [0.4, 0.5) is 8.78 Å². The summed E-state index contributed by atoms with van der Waals surface area (Å²) < 4.78 is 34.7. The molecule has 0 spiro atoms. The van der Waals surface area contributed by atoms with E-state index in [0.717, 1.165) is 4.90 Å². The van der Waals surface area contributed by atoms with Crippen LogP contribution in [0.25, 0.3) is 6.08 Å². The summed E-state index contributed by atoms with van der Waals surface area (Å²) in [4.78, 5) is 13.9. The maximum Gasteiger partial charge on any atom is 0.387 e. The van der Waals surface area contributed by atoms with E-state index in [4.69, 9.17) is 4.74 Å². The zero-order chi connectivity index (χ0) is 17.1. The van der Waals surface area contributed by atoms with Gasteiger partial charge in [0.25, 0.3) is 0 Å². The van der Waals surface area contributed by atoms with Crippen LogP contribution in [0.5, 0.6) is 11.5 Å². The number of halogens is 2. The minimum Gasteiger partial charge on any atom is -0.490 e. The van der Waals surface area contributed by atoms with Gasteiger partial charge in [0, 0.05) is 10.5 Å². The Morgan fingerprint density at radius 1 is 1.17 bits per heavy atom. The van der Waals surface area contributed by atoms with Crippen LogP contribution in [0.2, 0.25) is 0 Å². The first kappa shape index (κ1) is 16.5. The minimum absolute atomic E-state index is 0.0253. The highest BCUT2D eigenvalue weighted by atomic mass is 32.2. The Kier molecular flexibility index (Phi) is 4.85. The highest BCUT2D eigenvalue weighted by Crippen LogP contribution is 2.41. The van der Waals surface area contributed by atoms with Gasteiger partial charge in [-0.1, -0.05) is 30.0 Å². The van der Waals surface area contributed by atoms with Gasteiger partial charge in [-0.15, -0.1) is 0 Å². The number of fused-ring (bicyclic) bond motifs is 1. The van der Waals surface area contributed by atoms with Crippen molar-refractivity contribution in [3.05, 3.63) is 58.5 Å². The van der Waals surface area contributed by atoms with Gasteiger partial charge in [0.05, 0.1) is 11.5 Å². The van der Waals surface area contributed by atoms with Gasteiger partial charge < -0.3 is 9.47 Å². The Hall–Kier alpha value is -2.34. The lowest BCUT2D eigenvalue weighted by molar-refractivity contribution is -0.0514. The molecule has 3 nitrogen and oxygen atoms in total. The summed E-state index contributed by atoms with van der Waals surface area (Å²) in [6, 6.07) is 12.0. The number of rotatable bonds is 5. The lowest BCUT2D eigenvalue weighted by atomic mass is 10.1. The molecule has 0 saturated heterocycles. The molecule has 0 fully saturated rings. The first-order valence-electron chi connectivity index (χ1n) is 7.33. The summed E-state index contributed by atoms with van der Waals surface area (Å²) in [6.45, 7) is -0.849. The molecule has 3 rings (SSSR count). The molecule has 1 heterocycles. The fraction of sp³-hybridized carbons (Fsp3) is 0.167. The minimum atomic E-state index is -2.92. The second kappa shape index (κ2) is 7.05. The van der Waals surface area contributed by atoms with Crippen molar-refractivity contribution in [3.8, 4) is 11.5 Å². The van der Waals surface area contributed by atoms with Crippen molar-refractivity contribution in [2.75, 3.05) is 6.61 Å². The average Bonchev–Trinajstić information content (AvgIpc) is 2.86.